The van der Waals surface area contributed by atoms with E-state index in [9.17, 15) is 4.79 Å². The number of likely N-dealkylation sites (tertiary alicyclic amines) is 1. The number of nitrogens with zero attached hydrogens (tertiary/aromatic N) is 1. The molecule has 1 fully saturated rings. The Kier molecular flexibility index (Phi) is 4.93. The number of amides is 1. The van der Waals surface area contributed by atoms with Gasteiger partial charge < -0.3 is 11.1 Å². The van der Waals surface area contributed by atoms with E-state index in [4.69, 9.17) is 5.73 Å². The average molecular weight is 309 g/mol. The van der Waals surface area contributed by atoms with E-state index in [1.807, 2.05) is 48.5 Å². The van der Waals surface area contributed by atoms with E-state index in [0.717, 1.165) is 43.9 Å². The molecule has 1 amide bonds. The third-order valence-corrected chi connectivity index (χ3v) is 4.36. The summed E-state index contributed by atoms with van der Waals surface area (Å²) < 4.78 is 0. The van der Waals surface area contributed by atoms with Crippen molar-refractivity contribution in [3.05, 3.63) is 60.2 Å². The molecule has 0 aromatic heterocycles. The molecule has 4 heteroatoms. The topological polar surface area (TPSA) is 58.4 Å². The number of hydrogen-bond donors (Lipinski definition) is 2. The van der Waals surface area contributed by atoms with Gasteiger partial charge in [0.05, 0.1) is 0 Å². The van der Waals surface area contributed by atoms with Crippen LogP contribution in [-0.2, 0) is 11.3 Å². The van der Waals surface area contributed by atoms with Crippen molar-refractivity contribution in [2.75, 3.05) is 24.1 Å². The van der Waals surface area contributed by atoms with Crippen molar-refractivity contribution in [2.45, 2.75) is 19.4 Å². The third-order valence-electron chi connectivity index (χ3n) is 4.36. The Labute approximate surface area is 137 Å². The highest BCUT2D eigenvalue weighted by Crippen LogP contribution is 2.21. The van der Waals surface area contributed by atoms with Crippen molar-refractivity contribution in [1.29, 1.82) is 0 Å². The molecule has 3 N–H and O–H groups in total. The van der Waals surface area contributed by atoms with Crippen LogP contribution < -0.4 is 11.1 Å². The molecule has 0 aliphatic carbocycles. The van der Waals surface area contributed by atoms with Crippen LogP contribution in [0.2, 0.25) is 0 Å². The Bertz CT molecular complexity index is 649. The molecular formula is C19H23N3O. The minimum Gasteiger partial charge on any atom is -0.399 e. The number of hydrogen-bond acceptors (Lipinski definition) is 3. The fourth-order valence-corrected chi connectivity index (χ4v) is 3.07. The zero-order chi connectivity index (χ0) is 16.1. The summed E-state index contributed by atoms with van der Waals surface area (Å²) in [5, 5.41) is 3.01. The standard InChI is InChI=1S/C19H23N3O/c20-17-6-4-5-15(13-17)14-22-11-9-16(10-12-22)19(23)21-18-7-2-1-3-8-18/h1-8,13,16H,9-12,14,20H2,(H,21,23). The molecule has 0 bridgehead atoms. The molecule has 0 unspecified atom stereocenters. The van der Waals surface area contributed by atoms with Gasteiger partial charge in [0.2, 0.25) is 5.91 Å². The third kappa shape index (κ3) is 4.33. The molecule has 0 atom stereocenters. The second-order valence-corrected chi connectivity index (χ2v) is 6.15. The lowest BCUT2D eigenvalue weighted by Crippen LogP contribution is -2.37. The van der Waals surface area contributed by atoms with Gasteiger partial charge in [-0.05, 0) is 55.8 Å². The fourth-order valence-electron chi connectivity index (χ4n) is 3.07. The molecule has 2 aromatic rings. The largest absolute Gasteiger partial charge is 0.399 e. The van der Waals surface area contributed by atoms with Crippen LogP contribution in [0.5, 0.6) is 0 Å². The first-order chi connectivity index (χ1) is 11.2. The fraction of sp³-hybridized carbons (Fsp3) is 0.316. The van der Waals surface area contributed by atoms with Crippen LogP contribution in [0, 0.1) is 5.92 Å². The summed E-state index contributed by atoms with van der Waals surface area (Å²) in [6.45, 7) is 2.79. The quantitative estimate of drug-likeness (QED) is 0.853. The van der Waals surface area contributed by atoms with Crippen molar-refractivity contribution in [1.82, 2.24) is 4.90 Å². The van der Waals surface area contributed by atoms with Crippen LogP contribution in [0.1, 0.15) is 18.4 Å². The smallest absolute Gasteiger partial charge is 0.227 e. The van der Waals surface area contributed by atoms with Gasteiger partial charge in [-0.1, -0.05) is 30.3 Å². The Balaban J connectivity index is 1.49. The molecule has 120 valence electrons. The molecule has 0 spiro atoms. The zero-order valence-corrected chi connectivity index (χ0v) is 13.2. The molecule has 23 heavy (non-hydrogen) atoms. The number of piperidine rings is 1. The van der Waals surface area contributed by atoms with Gasteiger partial charge in [0.25, 0.3) is 0 Å². The van der Waals surface area contributed by atoms with Crippen molar-refractivity contribution < 1.29 is 4.79 Å². The van der Waals surface area contributed by atoms with Gasteiger partial charge in [-0.25, -0.2) is 0 Å². The molecule has 0 saturated carbocycles. The number of nitrogen functional groups attached to an aromatic ring is 1. The van der Waals surface area contributed by atoms with E-state index in [1.54, 1.807) is 0 Å². The van der Waals surface area contributed by atoms with E-state index in [-0.39, 0.29) is 11.8 Å². The molecule has 1 aliphatic rings. The van der Waals surface area contributed by atoms with E-state index in [1.165, 1.54) is 5.56 Å². The molecule has 1 heterocycles. The molecule has 3 rings (SSSR count). The Hall–Kier alpha value is -2.33. The molecule has 0 radical (unpaired) electrons. The Morgan fingerprint density at radius 1 is 1.09 bits per heavy atom. The Morgan fingerprint density at radius 2 is 1.83 bits per heavy atom. The van der Waals surface area contributed by atoms with Crippen LogP contribution in [0.3, 0.4) is 0 Å². The number of carbonyl (C=O) groups is 1. The first-order valence-corrected chi connectivity index (χ1v) is 8.13. The highest BCUT2D eigenvalue weighted by Gasteiger charge is 2.24. The minimum absolute atomic E-state index is 0.104. The lowest BCUT2D eigenvalue weighted by molar-refractivity contribution is -0.121. The summed E-state index contributed by atoms with van der Waals surface area (Å²) in [5.41, 5.74) is 8.74. The van der Waals surface area contributed by atoms with Crippen LogP contribution in [0.25, 0.3) is 0 Å². The average Bonchev–Trinajstić information content (AvgIpc) is 2.56. The SMILES string of the molecule is Nc1cccc(CN2CCC(C(=O)Nc3ccccc3)CC2)c1. The van der Waals surface area contributed by atoms with Crippen molar-refractivity contribution >= 4 is 17.3 Å². The highest BCUT2D eigenvalue weighted by molar-refractivity contribution is 5.92. The van der Waals surface area contributed by atoms with Gasteiger partial charge in [0, 0.05) is 23.8 Å². The number of anilines is 2. The summed E-state index contributed by atoms with van der Waals surface area (Å²) >= 11 is 0. The van der Waals surface area contributed by atoms with Crippen molar-refractivity contribution in [3.63, 3.8) is 0 Å². The molecular weight excluding hydrogens is 286 g/mol. The number of carbonyl (C=O) groups excluding carboxylic acids is 1. The second-order valence-electron chi connectivity index (χ2n) is 6.15. The van der Waals surface area contributed by atoms with Gasteiger partial charge >= 0.3 is 0 Å². The lowest BCUT2D eigenvalue weighted by atomic mass is 9.95. The van der Waals surface area contributed by atoms with Crippen LogP contribution in [0.4, 0.5) is 11.4 Å². The molecule has 4 nitrogen and oxygen atoms in total. The summed E-state index contributed by atoms with van der Waals surface area (Å²) in [7, 11) is 0. The van der Waals surface area contributed by atoms with Crippen molar-refractivity contribution in [2.24, 2.45) is 5.92 Å². The van der Waals surface area contributed by atoms with Crippen LogP contribution >= 0.6 is 0 Å². The maximum atomic E-state index is 12.3. The first-order valence-electron chi connectivity index (χ1n) is 8.13. The summed E-state index contributed by atoms with van der Waals surface area (Å²) in [6.07, 6.45) is 1.81. The van der Waals surface area contributed by atoms with Gasteiger partial charge in [-0.2, -0.15) is 0 Å². The van der Waals surface area contributed by atoms with E-state index < -0.39 is 0 Å². The van der Waals surface area contributed by atoms with Gasteiger partial charge in [-0.3, -0.25) is 9.69 Å². The summed E-state index contributed by atoms with van der Waals surface area (Å²) in [4.78, 5) is 14.7. The van der Waals surface area contributed by atoms with Crippen LogP contribution in [-0.4, -0.2) is 23.9 Å². The normalized spacial score (nSPS) is 16.2. The van der Waals surface area contributed by atoms with Gasteiger partial charge in [0.15, 0.2) is 0 Å². The Morgan fingerprint density at radius 3 is 2.52 bits per heavy atom. The monoisotopic (exact) mass is 309 g/mol. The minimum atomic E-state index is 0.104. The molecule has 2 aromatic carbocycles. The number of para-hydroxylation sites is 1. The number of rotatable bonds is 4. The molecule has 1 saturated heterocycles. The maximum absolute atomic E-state index is 12.3. The number of nitrogens with one attached hydrogen (secondary N) is 1. The van der Waals surface area contributed by atoms with E-state index in [2.05, 4.69) is 16.3 Å². The highest BCUT2D eigenvalue weighted by atomic mass is 16.1. The predicted octanol–water partition coefficient (Wildman–Crippen LogP) is 3.12. The van der Waals surface area contributed by atoms with Gasteiger partial charge in [0.1, 0.15) is 0 Å². The number of benzene rings is 2. The zero-order valence-electron chi connectivity index (χ0n) is 13.2. The number of nitrogens with two attached hydrogens (primary N) is 1. The molecule has 1 aliphatic heterocycles. The predicted molar refractivity (Wildman–Crippen MR) is 93.9 cm³/mol. The van der Waals surface area contributed by atoms with E-state index >= 15 is 0 Å². The second kappa shape index (κ2) is 7.29. The van der Waals surface area contributed by atoms with Crippen LogP contribution in [0.15, 0.2) is 54.6 Å². The summed E-state index contributed by atoms with van der Waals surface area (Å²) in [6, 6.07) is 17.7. The van der Waals surface area contributed by atoms with E-state index in [0.29, 0.717) is 0 Å². The van der Waals surface area contributed by atoms with Gasteiger partial charge in [-0.15, -0.1) is 0 Å². The maximum Gasteiger partial charge on any atom is 0.227 e. The lowest BCUT2D eigenvalue weighted by Gasteiger charge is -2.31. The summed E-state index contributed by atoms with van der Waals surface area (Å²) in [5.74, 6) is 0.243. The van der Waals surface area contributed by atoms with Crippen molar-refractivity contribution in [3.8, 4) is 0 Å². The first kappa shape index (κ1) is 15.6.